The van der Waals surface area contributed by atoms with Crippen LogP contribution in [0.5, 0.6) is 0 Å². The average Bonchev–Trinajstić information content (AvgIpc) is 2.19. The van der Waals surface area contributed by atoms with Gasteiger partial charge in [0.2, 0.25) is 5.91 Å². The number of benzene rings is 1. The molecule has 0 aliphatic rings. The Kier molecular flexibility index (Phi) is 4.12. The smallest absolute Gasteiger partial charge is 0.236 e. The number of carbonyl (C=O) groups excluding carboxylic acids is 1. The van der Waals surface area contributed by atoms with Gasteiger partial charge in [-0.2, -0.15) is 0 Å². The molecule has 4 nitrogen and oxygen atoms in total. The third-order valence-corrected chi connectivity index (χ3v) is 2.22. The highest BCUT2D eigenvalue weighted by atomic mass is 16.1. The Morgan fingerprint density at radius 1 is 1.47 bits per heavy atom. The van der Waals surface area contributed by atoms with Crippen molar-refractivity contribution in [3.05, 3.63) is 29.3 Å². The third kappa shape index (κ3) is 3.59. The van der Waals surface area contributed by atoms with Crippen LogP contribution in [0.25, 0.3) is 0 Å². The van der Waals surface area contributed by atoms with Gasteiger partial charge in [0.05, 0.1) is 6.54 Å². The Morgan fingerprint density at radius 3 is 2.73 bits per heavy atom. The fourth-order valence-electron chi connectivity index (χ4n) is 1.43. The summed E-state index contributed by atoms with van der Waals surface area (Å²) in [6, 6.07) is 5.94. The maximum Gasteiger partial charge on any atom is 0.236 e. The van der Waals surface area contributed by atoms with Gasteiger partial charge in [0, 0.05) is 5.69 Å². The predicted molar refractivity (Wildman–Crippen MR) is 61.6 cm³/mol. The van der Waals surface area contributed by atoms with Crippen LogP contribution in [0.1, 0.15) is 11.1 Å². The van der Waals surface area contributed by atoms with E-state index in [9.17, 15) is 4.79 Å². The van der Waals surface area contributed by atoms with Crippen molar-refractivity contribution in [3.8, 4) is 0 Å². The molecular formula is C11H17N3O. The molecule has 0 atom stereocenters. The number of amides is 1. The molecule has 4 heteroatoms. The molecule has 1 aromatic rings. The number of carbonyl (C=O) groups is 1. The Bertz CT molecular complexity index is 350. The summed E-state index contributed by atoms with van der Waals surface area (Å²) in [5.74, 6) is -0.362. The second-order valence-corrected chi connectivity index (χ2v) is 3.50. The summed E-state index contributed by atoms with van der Waals surface area (Å²) in [5.41, 5.74) is 13.9. The monoisotopic (exact) mass is 207 g/mol. The Balaban J connectivity index is 2.68. The standard InChI is InChI=1S/C11H17N3O/c1-8-6-10(14-7-11(13)15)3-2-9(8)4-5-12/h2-3,6,14H,4-5,7,12H2,1H3,(H2,13,15). The second-order valence-electron chi connectivity index (χ2n) is 3.50. The topological polar surface area (TPSA) is 81.1 Å². The maximum atomic E-state index is 10.6. The van der Waals surface area contributed by atoms with Crippen molar-refractivity contribution in [3.63, 3.8) is 0 Å². The zero-order valence-electron chi connectivity index (χ0n) is 8.92. The summed E-state index contributed by atoms with van der Waals surface area (Å²) < 4.78 is 0. The molecular weight excluding hydrogens is 190 g/mol. The van der Waals surface area contributed by atoms with Crippen molar-refractivity contribution in [2.24, 2.45) is 11.5 Å². The van der Waals surface area contributed by atoms with Crippen molar-refractivity contribution in [1.82, 2.24) is 0 Å². The average molecular weight is 207 g/mol. The summed E-state index contributed by atoms with van der Waals surface area (Å²) in [6.07, 6.45) is 0.877. The zero-order valence-corrected chi connectivity index (χ0v) is 8.92. The normalized spacial score (nSPS) is 10.0. The molecule has 0 bridgehead atoms. The second kappa shape index (κ2) is 5.36. The van der Waals surface area contributed by atoms with E-state index in [4.69, 9.17) is 11.5 Å². The highest BCUT2D eigenvalue weighted by molar-refractivity contribution is 5.78. The summed E-state index contributed by atoms with van der Waals surface area (Å²) >= 11 is 0. The van der Waals surface area contributed by atoms with Gasteiger partial charge in [-0.05, 0) is 43.1 Å². The molecule has 1 amide bonds. The lowest BCUT2D eigenvalue weighted by Gasteiger charge is -2.08. The third-order valence-electron chi connectivity index (χ3n) is 2.22. The van der Waals surface area contributed by atoms with Gasteiger partial charge in [0.15, 0.2) is 0 Å². The number of nitrogens with two attached hydrogens (primary N) is 2. The van der Waals surface area contributed by atoms with Gasteiger partial charge in [-0.25, -0.2) is 0 Å². The van der Waals surface area contributed by atoms with E-state index in [0.29, 0.717) is 6.54 Å². The van der Waals surface area contributed by atoms with Crippen molar-refractivity contribution in [1.29, 1.82) is 0 Å². The van der Waals surface area contributed by atoms with Gasteiger partial charge in [0.25, 0.3) is 0 Å². The van der Waals surface area contributed by atoms with Crippen LogP contribution in [-0.2, 0) is 11.2 Å². The molecule has 0 unspecified atom stereocenters. The van der Waals surface area contributed by atoms with Crippen molar-refractivity contribution < 1.29 is 4.79 Å². The van der Waals surface area contributed by atoms with E-state index in [1.807, 2.05) is 25.1 Å². The lowest BCUT2D eigenvalue weighted by molar-refractivity contribution is -0.116. The minimum atomic E-state index is -0.362. The van der Waals surface area contributed by atoms with E-state index in [0.717, 1.165) is 12.1 Å². The lowest BCUT2D eigenvalue weighted by Crippen LogP contribution is -2.21. The fraction of sp³-hybridized carbons (Fsp3) is 0.364. The number of nitrogens with one attached hydrogen (secondary N) is 1. The van der Waals surface area contributed by atoms with Crippen molar-refractivity contribution >= 4 is 11.6 Å². The van der Waals surface area contributed by atoms with E-state index >= 15 is 0 Å². The summed E-state index contributed by atoms with van der Waals surface area (Å²) in [5, 5.41) is 2.95. The fourth-order valence-corrected chi connectivity index (χ4v) is 1.43. The first-order chi connectivity index (χ1) is 7.13. The van der Waals surface area contributed by atoms with Crippen molar-refractivity contribution in [2.45, 2.75) is 13.3 Å². The number of hydrogen-bond donors (Lipinski definition) is 3. The minimum Gasteiger partial charge on any atom is -0.376 e. The molecule has 15 heavy (non-hydrogen) atoms. The molecule has 0 heterocycles. The SMILES string of the molecule is Cc1cc(NCC(N)=O)ccc1CCN. The predicted octanol–water partition coefficient (Wildman–Crippen LogP) is 0.393. The van der Waals surface area contributed by atoms with E-state index in [-0.39, 0.29) is 12.5 Å². The molecule has 0 saturated carbocycles. The molecule has 0 saturated heterocycles. The quantitative estimate of drug-likeness (QED) is 0.653. The van der Waals surface area contributed by atoms with E-state index in [2.05, 4.69) is 5.32 Å². The molecule has 0 fully saturated rings. The van der Waals surface area contributed by atoms with Crippen LogP contribution in [0.4, 0.5) is 5.69 Å². The van der Waals surface area contributed by atoms with E-state index in [1.165, 1.54) is 11.1 Å². The number of primary amides is 1. The molecule has 5 N–H and O–H groups in total. The number of aryl methyl sites for hydroxylation is 1. The summed E-state index contributed by atoms with van der Waals surface area (Å²) in [6.45, 7) is 2.84. The minimum absolute atomic E-state index is 0.162. The van der Waals surface area contributed by atoms with Crippen LogP contribution >= 0.6 is 0 Å². The first-order valence-corrected chi connectivity index (χ1v) is 4.95. The van der Waals surface area contributed by atoms with Crippen molar-refractivity contribution in [2.75, 3.05) is 18.4 Å². The number of rotatable bonds is 5. The molecule has 0 spiro atoms. The van der Waals surface area contributed by atoms with Gasteiger partial charge in [-0.1, -0.05) is 6.07 Å². The van der Waals surface area contributed by atoms with Crippen LogP contribution in [0.15, 0.2) is 18.2 Å². The molecule has 1 aromatic carbocycles. The molecule has 1 rings (SSSR count). The van der Waals surface area contributed by atoms with Gasteiger partial charge >= 0.3 is 0 Å². The Labute approximate surface area is 89.6 Å². The molecule has 82 valence electrons. The van der Waals surface area contributed by atoms with Gasteiger partial charge in [-0.3, -0.25) is 4.79 Å². The van der Waals surface area contributed by atoms with Gasteiger partial charge in [0.1, 0.15) is 0 Å². The molecule has 0 radical (unpaired) electrons. The molecule has 0 aromatic heterocycles. The van der Waals surface area contributed by atoms with Crippen LogP contribution in [0.2, 0.25) is 0 Å². The summed E-state index contributed by atoms with van der Waals surface area (Å²) in [7, 11) is 0. The number of anilines is 1. The molecule has 0 aliphatic heterocycles. The maximum absolute atomic E-state index is 10.6. The summed E-state index contributed by atoms with van der Waals surface area (Å²) in [4.78, 5) is 10.6. The zero-order chi connectivity index (χ0) is 11.3. The molecule has 0 aliphatic carbocycles. The first-order valence-electron chi connectivity index (χ1n) is 4.95. The van der Waals surface area contributed by atoms with Crippen LogP contribution in [-0.4, -0.2) is 19.0 Å². The van der Waals surface area contributed by atoms with Crippen LogP contribution in [0.3, 0.4) is 0 Å². The van der Waals surface area contributed by atoms with E-state index in [1.54, 1.807) is 0 Å². The highest BCUT2D eigenvalue weighted by Gasteiger charge is 2.00. The van der Waals surface area contributed by atoms with E-state index < -0.39 is 0 Å². The Morgan fingerprint density at radius 2 is 2.20 bits per heavy atom. The Hall–Kier alpha value is -1.55. The lowest BCUT2D eigenvalue weighted by atomic mass is 10.1. The van der Waals surface area contributed by atoms with Crippen LogP contribution in [0, 0.1) is 6.92 Å². The van der Waals surface area contributed by atoms with Crippen LogP contribution < -0.4 is 16.8 Å². The first kappa shape index (κ1) is 11.5. The van der Waals surface area contributed by atoms with Gasteiger partial charge < -0.3 is 16.8 Å². The highest BCUT2D eigenvalue weighted by Crippen LogP contribution is 2.15. The van der Waals surface area contributed by atoms with Gasteiger partial charge in [-0.15, -0.1) is 0 Å². The number of hydrogen-bond acceptors (Lipinski definition) is 3. The largest absolute Gasteiger partial charge is 0.376 e.